The highest BCUT2D eigenvalue weighted by Crippen LogP contribution is 2.08. The summed E-state index contributed by atoms with van der Waals surface area (Å²) in [6.45, 7) is 5.58. The van der Waals surface area contributed by atoms with Crippen molar-refractivity contribution < 1.29 is 0 Å². The molecule has 1 rings (SSSR count). The summed E-state index contributed by atoms with van der Waals surface area (Å²) in [5, 5.41) is 7.86. The summed E-state index contributed by atoms with van der Waals surface area (Å²) in [7, 11) is 0. The second-order valence-corrected chi connectivity index (χ2v) is 2.41. The van der Waals surface area contributed by atoms with E-state index in [4.69, 9.17) is 11.6 Å². The van der Waals surface area contributed by atoms with E-state index in [9.17, 15) is 0 Å². The summed E-state index contributed by atoms with van der Waals surface area (Å²) >= 11 is 5.51. The zero-order valence-electron chi connectivity index (χ0n) is 5.63. The number of hydrogen-bond acceptors (Lipinski definition) is 2. The molecule has 0 aromatic carbocycles. The standard InChI is InChI=1S/C7H7ClN2/c1-5(2)6-3-4-7(8)10-9-6/h3-4H,1H2,2H3. The highest BCUT2D eigenvalue weighted by molar-refractivity contribution is 6.29. The molecule has 0 N–H and O–H groups in total. The van der Waals surface area contributed by atoms with Crippen molar-refractivity contribution in [2.45, 2.75) is 6.92 Å². The topological polar surface area (TPSA) is 25.8 Å². The molecule has 0 saturated heterocycles. The van der Waals surface area contributed by atoms with Gasteiger partial charge in [0.1, 0.15) is 0 Å². The van der Waals surface area contributed by atoms with Gasteiger partial charge in [-0.25, -0.2) is 0 Å². The lowest BCUT2D eigenvalue weighted by atomic mass is 10.2. The lowest BCUT2D eigenvalue weighted by Gasteiger charge is -1.94. The monoisotopic (exact) mass is 154 g/mol. The fourth-order valence-corrected chi connectivity index (χ4v) is 0.644. The average Bonchev–Trinajstić information content (AvgIpc) is 1.88. The van der Waals surface area contributed by atoms with Crippen molar-refractivity contribution in [1.82, 2.24) is 10.2 Å². The molecule has 0 aliphatic carbocycles. The molecule has 0 aliphatic heterocycles. The van der Waals surface area contributed by atoms with Crippen LogP contribution in [0.5, 0.6) is 0 Å². The molecule has 1 heterocycles. The van der Waals surface area contributed by atoms with Crippen LogP contribution in [-0.2, 0) is 0 Å². The first-order valence-electron chi connectivity index (χ1n) is 2.85. The minimum absolute atomic E-state index is 0.407. The van der Waals surface area contributed by atoms with Crippen molar-refractivity contribution >= 4 is 17.2 Å². The summed E-state index contributed by atoms with van der Waals surface area (Å²) in [5.41, 5.74) is 1.67. The van der Waals surface area contributed by atoms with Crippen LogP contribution in [0, 0.1) is 0 Å². The van der Waals surface area contributed by atoms with Crippen molar-refractivity contribution in [2.75, 3.05) is 0 Å². The summed E-state index contributed by atoms with van der Waals surface area (Å²) in [6, 6.07) is 3.48. The molecule has 0 amide bonds. The summed E-state index contributed by atoms with van der Waals surface area (Å²) < 4.78 is 0. The van der Waals surface area contributed by atoms with E-state index in [-0.39, 0.29) is 0 Å². The fourth-order valence-electron chi connectivity index (χ4n) is 0.544. The van der Waals surface area contributed by atoms with Crippen LogP contribution in [0.4, 0.5) is 0 Å². The zero-order valence-corrected chi connectivity index (χ0v) is 6.39. The van der Waals surface area contributed by atoms with Gasteiger partial charge in [0.25, 0.3) is 0 Å². The molecule has 0 aliphatic rings. The maximum Gasteiger partial charge on any atom is 0.151 e. The van der Waals surface area contributed by atoms with Gasteiger partial charge >= 0.3 is 0 Å². The van der Waals surface area contributed by atoms with E-state index >= 15 is 0 Å². The minimum atomic E-state index is 0.407. The van der Waals surface area contributed by atoms with Gasteiger partial charge in [-0.3, -0.25) is 0 Å². The third-order valence-electron chi connectivity index (χ3n) is 1.07. The molecule has 0 atom stereocenters. The zero-order chi connectivity index (χ0) is 7.56. The van der Waals surface area contributed by atoms with Gasteiger partial charge in [-0.05, 0) is 24.6 Å². The van der Waals surface area contributed by atoms with Gasteiger partial charge in [0, 0.05) is 0 Å². The first-order valence-corrected chi connectivity index (χ1v) is 3.23. The predicted molar refractivity (Wildman–Crippen MR) is 41.8 cm³/mol. The van der Waals surface area contributed by atoms with Gasteiger partial charge in [0.05, 0.1) is 5.69 Å². The average molecular weight is 155 g/mol. The Bertz CT molecular complexity index is 240. The molecular formula is C7H7ClN2. The van der Waals surface area contributed by atoms with Crippen LogP contribution in [0.3, 0.4) is 0 Å². The van der Waals surface area contributed by atoms with Crippen molar-refractivity contribution in [1.29, 1.82) is 0 Å². The molecular weight excluding hydrogens is 148 g/mol. The summed E-state index contributed by atoms with van der Waals surface area (Å²) in [5.74, 6) is 0. The van der Waals surface area contributed by atoms with Gasteiger partial charge in [-0.1, -0.05) is 18.2 Å². The maximum atomic E-state index is 5.51. The van der Waals surface area contributed by atoms with Crippen molar-refractivity contribution in [2.24, 2.45) is 0 Å². The van der Waals surface area contributed by atoms with E-state index in [2.05, 4.69) is 16.8 Å². The Hall–Kier alpha value is -0.890. The van der Waals surface area contributed by atoms with E-state index in [1.54, 1.807) is 12.1 Å². The molecule has 0 radical (unpaired) electrons. The number of allylic oxidation sites excluding steroid dienone is 1. The Morgan fingerprint density at radius 2 is 2.20 bits per heavy atom. The number of aromatic nitrogens is 2. The van der Waals surface area contributed by atoms with Crippen molar-refractivity contribution in [3.63, 3.8) is 0 Å². The van der Waals surface area contributed by atoms with Gasteiger partial charge in [-0.2, -0.15) is 0 Å². The number of nitrogens with zero attached hydrogens (tertiary/aromatic N) is 2. The molecule has 1 aromatic heterocycles. The van der Waals surface area contributed by atoms with Crippen molar-refractivity contribution in [3.8, 4) is 0 Å². The van der Waals surface area contributed by atoms with Crippen LogP contribution in [0.25, 0.3) is 5.57 Å². The summed E-state index contributed by atoms with van der Waals surface area (Å²) in [4.78, 5) is 0. The lowest BCUT2D eigenvalue weighted by molar-refractivity contribution is 1.01. The van der Waals surface area contributed by atoms with Gasteiger partial charge in [-0.15, -0.1) is 10.2 Å². The van der Waals surface area contributed by atoms with E-state index < -0.39 is 0 Å². The first kappa shape index (κ1) is 7.22. The number of hydrogen-bond donors (Lipinski definition) is 0. The molecule has 10 heavy (non-hydrogen) atoms. The van der Waals surface area contributed by atoms with Crippen LogP contribution in [0.1, 0.15) is 12.6 Å². The highest BCUT2D eigenvalue weighted by Gasteiger charge is 1.93. The Morgan fingerprint density at radius 3 is 2.60 bits per heavy atom. The van der Waals surface area contributed by atoms with Gasteiger partial charge in [0.2, 0.25) is 0 Å². The smallest absolute Gasteiger partial charge is 0.149 e. The first-order chi connectivity index (χ1) is 4.70. The van der Waals surface area contributed by atoms with Crippen molar-refractivity contribution in [3.05, 3.63) is 29.6 Å². The largest absolute Gasteiger partial charge is 0.151 e. The SMILES string of the molecule is C=C(C)c1ccc(Cl)nn1. The third kappa shape index (κ3) is 1.54. The Labute approximate surface area is 64.5 Å². The van der Waals surface area contributed by atoms with Crippen LogP contribution in [0.2, 0.25) is 5.15 Å². The van der Waals surface area contributed by atoms with E-state index in [0.717, 1.165) is 11.3 Å². The Kier molecular flexibility index (Phi) is 2.02. The Morgan fingerprint density at radius 1 is 1.50 bits per heavy atom. The molecule has 3 heteroatoms. The highest BCUT2D eigenvalue weighted by atomic mass is 35.5. The second kappa shape index (κ2) is 2.80. The molecule has 1 aromatic rings. The molecule has 0 unspecified atom stereocenters. The second-order valence-electron chi connectivity index (χ2n) is 2.02. The molecule has 0 saturated carbocycles. The minimum Gasteiger partial charge on any atom is -0.149 e. The molecule has 52 valence electrons. The number of halogens is 1. The fraction of sp³-hybridized carbons (Fsp3) is 0.143. The molecule has 2 nitrogen and oxygen atoms in total. The quantitative estimate of drug-likeness (QED) is 0.620. The predicted octanol–water partition coefficient (Wildman–Crippen LogP) is 2.16. The lowest BCUT2D eigenvalue weighted by Crippen LogP contribution is -1.87. The normalized spacial score (nSPS) is 9.40. The molecule has 0 bridgehead atoms. The maximum absolute atomic E-state index is 5.51. The summed E-state index contributed by atoms with van der Waals surface area (Å²) in [6.07, 6.45) is 0. The van der Waals surface area contributed by atoms with Gasteiger partial charge in [0.15, 0.2) is 5.15 Å². The number of rotatable bonds is 1. The Balaban J connectivity index is 3.00. The van der Waals surface area contributed by atoms with E-state index in [1.807, 2.05) is 6.92 Å². The van der Waals surface area contributed by atoms with Gasteiger partial charge < -0.3 is 0 Å². The van der Waals surface area contributed by atoms with E-state index in [1.165, 1.54) is 0 Å². The van der Waals surface area contributed by atoms with Crippen LogP contribution >= 0.6 is 11.6 Å². The molecule has 0 fully saturated rings. The van der Waals surface area contributed by atoms with Crippen LogP contribution < -0.4 is 0 Å². The van der Waals surface area contributed by atoms with E-state index in [0.29, 0.717) is 5.15 Å². The van der Waals surface area contributed by atoms with Crippen LogP contribution in [0.15, 0.2) is 18.7 Å². The molecule has 0 spiro atoms. The third-order valence-corrected chi connectivity index (χ3v) is 1.27. The van der Waals surface area contributed by atoms with Crippen LogP contribution in [-0.4, -0.2) is 10.2 Å².